The predicted octanol–water partition coefficient (Wildman–Crippen LogP) is 5.92. The smallest absolute Gasteiger partial charge is 0.254 e. The van der Waals surface area contributed by atoms with E-state index in [1.165, 1.54) is 46.7 Å². The first-order valence-electron chi connectivity index (χ1n) is 10.1. The number of ether oxygens (including phenoxy) is 1. The van der Waals surface area contributed by atoms with Crippen molar-refractivity contribution < 1.29 is 13.9 Å². The molecule has 1 aromatic heterocycles. The third kappa shape index (κ3) is 5.45. The Hall–Kier alpha value is -2.73. The monoisotopic (exact) mass is 426 g/mol. The molecule has 3 rings (SSSR count). The molecule has 0 fully saturated rings. The first-order valence-corrected chi connectivity index (χ1v) is 10.9. The maximum absolute atomic E-state index is 13.2. The molecule has 0 N–H and O–H groups in total. The molecule has 0 spiro atoms. The van der Waals surface area contributed by atoms with Crippen molar-refractivity contribution in [3.63, 3.8) is 0 Å². The fraction of sp³-hybridized carbons (Fsp3) is 0.333. The molecule has 158 valence electrons. The number of halogens is 1. The van der Waals surface area contributed by atoms with Gasteiger partial charge in [0.05, 0.1) is 12.2 Å². The van der Waals surface area contributed by atoms with E-state index >= 15 is 0 Å². The van der Waals surface area contributed by atoms with Crippen LogP contribution in [0.25, 0.3) is 0 Å². The molecule has 0 saturated carbocycles. The van der Waals surface area contributed by atoms with E-state index in [-0.39, 0.29) is 17.8 Å². The van der Waals surface area contributed by atoms with Crippen molar-refractivity contribution in [2.45, 2.75) is 53.3 Å². The largest absolute Gasteiger partial charge is 0.486 e. The minimum absolute atomic E-state index is 0.0412. The van der Waals surface area contributed by atoms with E-state index in [9.17, 15) is 9.18 Å². The van der Waals surface area contributed by atoms with Crippen LogP contribution in [0.2, 0.25) is 0 Å². The van der Waals surface area contributed by atoms with Crippen LogP contribution in [0.4, 0.5) is 4.39 Å². The Labute approximate surface area is 181 Å². The first-order chi connectivity index (χ1) is 14.4. The molecule has 0 bridgehead atoms. The van der Waals surface area contributed by atoms with E-state index in [0.29, 0.717) is 18.7 Å². The number of thiazole rings is 1. The lowest BCUT2D eigenvalue weighted by Gasteiger charge is -2.28. The minimum Gasteiger partial charge on any atom is -0.486 e. The molecule has 1 heterocycles. The molecule has 1 atom stereocenters. The Morgan fingerprint density at radius 2 is 1.90 bits per heavy atom. The second-order valence-electron chi connectivity index (χ2n) is 7.46. The van der Waals surface area contributed by atoms with Gasteiger partial charge in [-0.25, -0.2) is 9.37 Å². The molecular weight excluding hydrogens is 399 g/mol. The highest BCUT2D eigenvalue weighted by Crippen LogP contribution is 2.21. The van der Waals surface area contributed by atoms with Gasteiger partial charge in [0.25, 0.3) is 5.91 Å². The summed E-state index contributed by atoms with van der Waals surface area (Å²) in [5.74, 6) is 0.349. The van der Waals surface area contributed by atoms with E-state index in [2.05, 4.69) is 18.8 Å². The zero-order valence-electron chi connectivity index (χ0n) is 17.8. The van der Waals surface area contributed by atoms with E-state index in [1.807, 2.05) is 37.4 Å². The Morgan fingerprint density at radius 3 is 2.57 bits per heavy atom. The predicted molar refractivity (Wildman–Crippen MR) is 118 cm³/mol. The zero-order chi connectivity index (χ0) is 21.7. The molecule has 0 aliphatic heterocycles. The molecule has 4 nitrogen and oxygen atoms in total. The molecule has 1 amide bonds. The standard InChI is InChI=1S/C24H27FN2O2S/c1-5-18(4)27(24(28)19-7-9-20(25)10-8-19)13-21-15-30-23(26-21)14-29-22-11-6-16(2)17(3)12-22/h6-12,15,18H,5,13-14H2,1-4H3. The average Bonchev–Trinajstić information content (AvgIpc) is 3.20. The van der Waals surface area contributed by atoms with Gasteiger partial charge in [0, 0.05) is 17.0 Å². The second kappa shape index (κ2) is 9.85. The molecule has 30 heavy (non-hydrogen) atoms. The van der Waals surface area contributed by atoms with Crippen molar-refractivity contribution in [3.05, 3.63) is 81.1 Å². The third-order valence-corrected chi connectivity index (χ3v) is 6.12. The highest BCUT2D eigenvalue weighted by atomic mass is 32.1. The van der Waals surface area contributed by atoms with Gasteiger partial charge in [0.1, 0.15) is 23.2 Å². The van der Waals surface area contributed by atoms with Crippen LogP contribution in [0, 0.1) is 19.7 Å². The lowest BCUT2D eigenvalue weighted by Crippen LogP contribution is -2.37. The van der Waals surface area contributed by atoms with Gasteiger partial charge < -0.3 is 9.64 Å². The third-order valence-electron chi connectivity index (χ3n) is 5.25. The number of carbonyl (C=O) groups excluding carboxylic acids is 1. The van der Waals surface area contributed by atoms with Gasteiger partial charge in [-0.05, 0) is 74.7 Å². The summed E-state index contributed by atoms with van der Waals surface area (Å²) in [6, 6.07) is 11.7. The van der Waals surface area contributed by atoms with Crippen LogP contribution in [0.15, 0.2) is 47.8 Å². The maximum Gasteiger partial charge on any atom is 0.254 e. The fourth-order valence-corrected chi connectivity index (χ4v) is 3.71. The Kier molecular flexibility index (Phi) is 7.21. The summed E-state index contributed by atoms with van der Waals surface area (Å²) < 4.78 is 19.1. The van der Waals surface area contributed by atoms with Gasteiger partial charge in [-0.2, -0.15) is 0 Å². The Balaban J connectivity index is 1.68. The van der Waals surface area contributed by atoms with Gasteiger partial charge in [0.2, 0.25) is 0 Å². The summed E-state index contributed by atoms with van der Waals surface area (Å²) in [5, 5.41) is 2.83. The molecule has 3 aromatic rings. The van der Waals surface area contributed by atoms with E-state index in [0.717, 1.165) is 22.9 Å². The number of benzene rings is 2. The minimum atomic E-state index is -0.352. The number of aromatic nitrogens is 1. The summed E-state index contributed by atoms with van der Waals surface area (Å²) in [6.07, 6.45) is 0.819. The van der Waals surface area contributed by atoms with Crippen molar-refractivity contribution in [1.29, 1.82) is 0 Å². The molecule has 1 unspecified atom stereocenters. The maximum atomic E-state index is 13.2. The quantitative estimate of drug-likeness (QED) is 0.449. The van der Waals surface area contributed by atoms with Crippen LogP contribution in [0.3, 0.4) is 0 Å². The van der Waals surface area contributed by atoms with Gasteiger partial charge in [-0.1, -0.05) is 13.0 Å². The fourth-order valence-electron chi connectivity index (χ4n) is 3.02. The van der Waals surface area contributed by atoms with Crippen LogP contribution < -0.4 is 4.74 Å². The first kappa shape index (κ1) is 22.0. The number of hydrogen-bond donors (Lipinski definition) is 0. The summed E-state index contributed by atoms with van der Waals surface area (Å²) in [4.78, 5) is 19.4. The normalized spacial score (nSPS) is 11.9. The number of amides is 1. The van der Waals surface area contributed by atoms with Crippen molar-refractivity contribution in [3.8, 4) is 5.75 Å². The van der Waals surface area contributed by atoms with Gasteiger partial charge in [0.15, 0.2) is 0 Å². The lowest BCUT2D eigenvalue weighted by molar-refractivity contribution is 0.0669. The van der Waals surface area contributed by atoms with Crippen molar-refractivity contribution in [1.82, 2.24) is 9.88 Å². The average molecular weight is 427 g/mol. The summed E-state index contributed by atoms with van der Waals surface area (Å²) >= 11 is 1.52. The van der Waals surface area contributed by atoms with Crippen molar-refractivity contribution in [2.75, 3.05) is 0 Å². The Bertz CT molecular complexity index is 1000. The van der Waals surface area contributed by atoms with Gasteiger partial charge in [-0.3, -0.25) is 4.79 Å². The molecule has 0 aliphatic rings. The van der Waals surface area contributed by atoms with E-state index in [4.69, 9.17) is 4.74 Å². The number of nitrogens with zero attached hydrogens (tertiary/aromatic N) is 2. The molecule has 0 aliphatic carbocycles. The molecule has 2 aromatic carbocycles. The SMILES string of the molecule is CCC(C)N(Cc1csc(COc2ccc(C)c(C)c2)n1)C(=O)c1ccc(F)cc1. The molecule has 0 saturated heterocycles. The van der Waals surface area contributed by atoms with Crippen LogP contribution in [-0.4, -0.2) is 21.8 Å². The molecular formula is C24H27FN2O2S. The van der Waals surface area contributed by atoms with Crippen LogP contribution >= 0.6 is 11.3 Å². The van der Waals surface area contributed by atoms with Crippen LogP contribution in [0.1, 0.15) is 52.5 Å². The molecule has 0 radical (unpaired) electrons. The summed E-state index contributed by atoms with van der Waals surface area (Å²) in [5.41, 5.74) is 3.73. The number of hydrogen-bond acceptors (Lipinski definition) is 4. The second-order valence-corrected chi connectivity index (χ2v) is 8.41. The Morgan fingerprint density at radius 1 is 1.17 bits per heavy atom. The van der Waals surface area contributed by atoms with Crippen LogP contribution in [-0.2, 0) is 13.2 Å². The van der Waals surface area contributed by atoms with E-state index in [1.54, 1.807) is 4.90 Å². The molecule has 6 heteroatoms. The highest BCUT2D eigenvalue weighted by molar-refractivity contribution is 7.09. The summed E-state index contributed by atoms with van der Waals surface area (Å²) in [6.45, 7) is 8.98. The highest BCUT2D eigenvalue weighted by Gasteiger charge is 2.22. The number of aryl methyl sites for hydroxylation is 2. The summed E-state index contributed by atoms with van der Waals surface area (Å²) in [7, 11) is 0. The van der Waals surface area contributed by atoms with Crippen molar-refractivity contribution >= 4 is 17.2 Å². The van der Waals surface area contributed by atoms with Crippen LogP contribution in [0.5, 0.6) is 5.75 Å². The number of rotatable bonds is 8. The van der Waals surface area contributed by atoms with E-state index < -0.39 is 0 Å². The number of carbonyl (C=O) groups is 1. The van der Waals surface area contributed by atoms with Gasteiger partial charge >= 0.3 is 0 Å². The van der Waals surface area contributed by atoms with Gasteiger partial charge in [-0.15, -0.1) is 11.3 Å². The van der Waals surface area contributed by atoms with Crippen molar-refractivity contribution in [2.24, 2.45) is 0 Å². The lowest BCUT2D eigenvalue weighted by atomic mass is 10.1. The topological polar surface area (TPSA) is 42.4 Å². The zero-order valence-corrected chi connectivity index (χ0v) is 18.6.